The molecular formula is C9H8N2O. The fourth-order valence-corrected chi connectivity index (χ4v) is 1.09. The zero-order chi connectivity index (χ0) is 8.39. The average Bonchev–Trinajstić information content (AvgIpc) is 2.25. The van der Waals surface area contributed by atoms with Gasteiger partial charge in [-0.05, 0) is 12.1 Å². The molecule has 0 fully saturated rings. The van der Waals surface area contributed by atoms with Crippen molar-refractivity contribution in [1.29, 1.82) is 0 Å². The predicted octanol–water partition coefficient (Wildman–Crippen LogP) is 2.00. The number of hydrogen-bond donors (Lipinski definition) is 2. The molecule has 60 valence electrons. The van der Waals surface area contributed by atoms with E-state index in [0.29, 0.717) is 0 Å². The molecule has 0 spiro atoms. The van der Waals surface area contributed by atoms with Crippen molar-refractivity contribution in [3.05, 3.63) is 35.6 Å². The van der Waals surface area contributed by atoms with Crippen molar-refractivity contribution in [1.82, 2.24) is 0 Å². The first kappa shape index (κ1) is 6.91. The van der Waals surface area contributed by atoms with Gasteiger partial charge in [0.15, 0.2) is 0 Å². The van der Waals surface area contributed by atoms with E-state index in [9.17, 15) is 5.11 Å². The Kier molecular flexibility index (Phi) is 1.55. The Balaban J connectivity index is 2.54. The maximum absolute atomic E-state index is 9.21. The van der Waals surface area contributed by atoms with Crippen LogP contribution in [0, 0.1) is 0 Å². The van der Waals surface area contributed by atoms with E-state index in [2.05, 4.69) is 10.5 Å². The topological polar surface area (TPSA) is 44.6 Å². The van der Waals surface area contributed by atoms with Crippen LogP contribution >= 0.6 is 0 Å². The molecule has 1 aromatic rings. The second-order valence-corrected chi connectivity index (χ2v) is 2.53. The third-order valence-corrected chi connectivity index (χ3v) is 1.65. The lowest BCUT2D eigenvalue weighted by atomic mass is 10.1. The van der Waals surface area contributed by atoms with Gasteiger partial charge in [0.05, 0.1) is 11.9 Å². The number of rotatable bonds is 0. The third kappa shape index (κ3) is 1.16. The second-order valence-electron chi connectivity index (χ2n) is 2.53. The average molecular weight is 160 g/mol. The lowest BCUT2D eigenvalue weighted by molar-refractivity contribution is 0.451. The van der Waals surface area contributed by atoms with Crippen molar-refractivity contribution < 1.29 is 5.11 Å². The highest BCUT2D eigenvalue weighted by atomic mass is 16.3. The van der Waals surface area contributed by atoms with E-state index in [0.717, 1.165) is 11.3 Å². The molecule has 2 rings (SSSR count). The number of nitrogens with zero attached hydrogens (tertiary/aromatic N) is 1. The first-order chi connectivity index (χ1) is 5.86. The van der Waals surface area contributed by atoms with E-state index in [4.69, 9.17) is 0 Å². The number of benzene rings is 1. The van der Waals surface area contributed by atoms with Crippen LogP contribution < -0.4 is 5.43 Å². The summed E-state index contributed by atoms with van der Waals surface area (Å²) in [6.45, 7) is 0. The fraction of sp³-hybridized carbons (Fsp3) is 0. The number of aliphatic hydroxyl groups excluding tert-OH is 1. The Bertz CT molecular complexity index is 355. The fourth-order valence-electron chi connectivity index (χ4n) is 1.09. The van der Waals surface area contributed by atoms with Crippen molar-refractivity contribution >= 4 is 18.0 Å². The van der Waals surface area contributed by atoms with Crippen molar-refractivity contribution in [3.63, 3.8) is 0 Å². The maximum Gasteiger partial charge on any atom is 0.136 e. The van der Waals surface area contributed by atoms with E-state index < -0.39 is 0 Å². The number of fused-ring (bicyclic) bond motifs is 1. The Labute approximate surface area is 70.0 Å². The zero-order valence-corrected chi connectivity index (χ0v) is 6.36. The van der Waals surface area contributed by atoms with E-state index >= 15 is 0 Å². The highest BCUT2D eigenvalue weighted by Gasteiger charge is 2.01. The Morgan fingerprint density at radius 3 is 3.00 bits per heavy atom. The van der Waals surface area contributed by atoms with Crippen LogP contribution in [0.15, 0.2) is 35.1 Å². The van der Waals surface area contributed by atoms with Crippen molar-refractivity contribution in [3.8, 4) is 0 Å². The van der Waals surface area contributed by atoms with Gasteiger partial charge in [-0.25, -0.2) is 0 Å². The Morgan fingerprint density at radius 1 is 1.25 bits per heavy atom. The lowest BCUT2D eigenvalue weighted by Gasteiger charge is -2.00. The minimum absolute atomic E-state index is 0.160. The minimum Gasteiger partial charge on any atom is -0.506 e. The monoisotopic (exact) mass is 160 g/mol. The number of anilines is 1. The highest BCUT2D eigenvalue weighted by molar-refractivity contribution is 5.87. The van der Waals surface area contributed by atoms with Gasteiger partial charge in [0.1, 0.15) is 5.76 Å². The van der Waals surface area contributed by atoms with E-state index in [-0.39, 0.29) is 5.76 Å². The van der Waals surface area contributed by atoms with Crippen LogP contribution in [0.1, 0.15) is 5.56 Å². The third-order valence-electron chi connectivity index (χ3n) is 1.65. The summed E-state index contributed by atoms with van der Waals surface area (Å²) >= 11 is 0. The highest BCUT2D eigenvalue weighted by Crippen LogP contribution is 2.18. The lowest BCUT2D eigenvalue weighted by Crippen LogP contribution is -1.88. The molecule has 0 atom stereocenters. The largest absolute Gasteiger partial charge is 0.506 e. The Morgan fingerprint density at radius 2 is 2.08 bits per heavy atom. The van der Waals surface area contributed by atoms with Gasteiger partial charge in [-0.2, -0.15) is 5.10 Å². The molecule has 3 heteroatoms. The quantitative estimate of drug-likeness (QED) is 0.609. The van der Waals surface area contributed by atoms with E-state index in [1.807, 2.05) is 24.3 Å². The van der Waals surface area contributed by atoms with E-state index in [1.165, 1.54) is 6.21 Å². The van der Waals surface area contributed by atoms with Gasteiger partial charge in [-0.15, -0.1) is 0 Å². The zero-order valence-electron chi connectivity index (χ0n) is 6.36. The summed E-state index contributed by atoms with van der Waals surface area (Å²) in [5.41, 5.74) is 4.65. The molecule has 0 unspecified atom stereocenters. The molecule has 0 aromatic heterocycles. The molecule has 0 amide bonds. The normalized spacial score (nSPS) is 14.2. The van der Waals surface area contributed by atoms with Crippen LogP contribution in [0.25, 0.3) is 6.08 Å². The molecule has 12 heavy (non-hydrogen) atoms. The summed E-state index contributed by atoms with van der Waals surface area (Å²) in [6.07, 6.45) is 3.04. The predicted molar refractivity (Wildman–Crippen MR) is 49.2 cm³/mol. The van der Waals surface area contributed by atoms with Gasteiger partial charge in [-0.1, -0.05) is 18.2 Å². The molecule has 1 heterocycles. The van der Waals surface area contributed by atoms with Crippen LogP contribution in [0.4, 0.5) is 5.69 Å². The molecule has 0 saturated carbocycles. The second kappa shape index (κ2) is 2.70. The van der Waals surface area contributed by atoms with Gasteiger partial charge in [0, 0.05) is 5.56 Å². The van der Waals surface area contributed by atoms with Crippen molar-refractivity contribution in [2.45, 2.75) is 0 Å². The van der Waals surface area contributed by atoms with Gasteiger partial charge >= 0.3 is 0 Å². The Hall–Kier alpha value is -1.77. The van der Waals surface area contributed by atoms with Crippen molar-refractivity contribution in [2.75, 3.05) is 5.43 Å². The van der Waals surface area contributed by atoms with Crippen LogP contribution in [-0.4, -0.2) is 11.3 Å². The number of allylic oxidation sites excluding steroid dienone is 1. The van der Waals surface area contributed by atoms with Gasteiger partial charge in [0.25, 0.3) is 0 Å². The summed E-state index contributed by atoms with van der Waals surface area (Å²) in [6, 6.07) is 7.64. The van der Waals surface area contributed by atoms with Gasteiger partial charge in [0.2, 0.25) is 0 Å². The van der Waals surface area contributed by atoms with Crippen LogP contribution in [-0.2, 0) is 0 Å². The van der Waals surface area contributed by atoms with Crippen LogP contribution in [0.2, 0.25) is 0 Å². The number of aliphatic hydroxyl groups is 1. The molecule has 2 N–H and O–H groups in total. The number of para-hydroxylation sites is 1. The van der Waals surface area contributed by atoms with Gasteiger partial charge < -0.3 is 5.11 Å². The first-order valence-corrected chi connectivity index (χ1v) is 3.65. The number of hydrogen-bond acceptors (Lipinski definition) is 3. The number of nitrogens with one attached hydrogen (secondary N) is 1. The molecule has 0 bridgehead atoms. The van der Waals surface area contributed by atoms with Crippen molar-refractivity contribution in [2.24, 2.45) is 5.10 Å². The summed E-state index contributed by atoms with van der Waals surface area (Å²) < 4.78 is 0. The SMILES string of the molecule is OC1=Cc2ccccc2NN=C1. The minimum atomic E-state index is 0.160. The molecule has 0 radical (unpaired) electrons. The van der Waals surface area contributed by atoms with E-state index in [1.54, 1.807) is 6.08 Å². The summed E-state index contributed by atoms with van der Waals surface area (Å²) in [5, 5.41) is 13.0. The summed E-state index contributed by atoms with van der Waals surface area (Å²) in [5.74, 6) is 0.160. The first-order valence-electron chi connectivity index (χ1n) is 3.65. The van der Waals surface area contributed by atoms with Gasteiger partial charge in [-0.3, -0.25) is 5.43 Å². The van der Waals surface area contributed by atoms with Crippen LogP contribution in [0.3, 0.4) is 0 Å². The molecule has 3 nitrogen and oxygen atoms in total. The summed E-state index contributed by atoms with van der Waals surface area (Å²) in [7, 11) is 0. The summed E-state index contributed by atoms with van der Waals surface area (Å²) in [4.78, 5) is 0. The number of hydrazone groups is 1. The molecule has 0 aliphatic carbocycles. The van der Waals surface area contributed by atoms with Crippen LogP contribution in [0.5, 0.6) is 0 Å². The standard InChI is InChI=1S/C9H8N2O/c12-8-5-7-3-1-2-4-9(7)11-10-6-8/h1-6,11-12H. The molecule has 0 saturated heterocycles. The molecular weight excluding hydrogens is 152 g/mol. The molecule has 1 aromatic carbocycles. The molecule has 1 aliphatic heterocycles. The smallest absolute Gasteiger partial charge is 0.136 e. The molecule has 1 aliphatic rings. The maximum atomic E-state index is 9.21.